The zero-order chi connectivity index (χ0) is 13.8. The Bertz CT molecular complexity index is 481. The van der Waals surface area contributed by atoms with Crippen molar-refractivity contribution in [1.82, 2.24) is 0 Å². The molecule has 2 unspecified atom stereocenters. The summed E-state index contributed by atoms with van der Waals surface area (Å²) in [6, 6.07) is 8.51. The lowest BCUT2D eigenvalue weighted by atomic mass is 9.92. The van der Waals surface area contributed by atoms with Crippen molar-refractivity contribution >= 4 is 17.7 Å². The highest BCUT2D eigenvalue weighted by Crippen LogP contribution is 2.30. The summed E-state index contributed by atoms with van der Waals surface area (Å²) in [4.78, 5) is 13.1. The molecule has 102 valence electrons. The molecule has 2 rings (SSSR count). The molecule has 1 aliphatic heterocycles. The Morgan fingerprint density at radius 3 is 2.79 bits per heavy atom. The molecule has 0 aromatic heterocycles. The van der Waals surface area contributed by atoms with Crippen molar-refractivity contribution in [1.29, 1.82) is 0 Å². The normalized spacial score (nSPS) is 23.8. The van der Waals surface area contributed by atoms with Gasteiger partial charge in [-0.1, -0.05) is 25.1 Å². The van der Waals surface area contributed by atoms with E-state index in [1.54, 1.807) is 6.08 Å². The second kappa shape index (κ2) is 5.91. The van der Waals surface area contributed by atoms with Gasteiger partial charge >= 0.3 is 5.97 Å². The van der Waals surface area contributed by atoms with Gasteiger partial charge in [0.05, 0.1) is 0 Å². The van der Waals surface area contributed by atoms with E-state index in [-0.39, 0.29) is 0 Å². The van der Waals surface area contributed by atoms with E-state index < -0.39 is 5.97 Å². The fraction of sp³-hybridized carbons (Fsp3) is 0.438. The van der Waals surface area contributed by atoms with Gasteiger partial charge in [0, 0.05) is 24.4 Å². The van der Waals surface area contributed by atoms with Crippen molar-refractivity contribution in [3.05, 3.63) is 35.9 Å². The van der Waals surface area contributed by atoms with Gasteiger partial charge in [0.15, 0.2) is 0 Å². The summed E-state index contributed by atoms with van der Waals surface area (Å²) in [5.74, 6) is -0.136. The maximum atomic E-state index is 10.7. The Morgan fingerprint density at radius 2 is 2.11 bits per heavy atom. The molecule has 1 saturated heterocycles. The maximum Gasteiger partial charge on any atom is 0.328 e. The molecule has 3 nitrogen and oxygen atoms in total. The maximum absolute atomic E-state index is 10.7. The van der Waals surface area contributed by atoms with Crippen LogP contribution in [0.15, 0.2) is 30.3 Å². The second-order valence-electron chi connectivity index (χ2n) is 5.40. The first kappa shape index (κ1) is 13.7. The Hall–Kier alpha value is -1.77. The minimum atomic E-state index is -0.907. The predicted molar refractivity (Wildman–Crippen MR) is 78.3 cm³/mol. The number of hydrogen-bond donors (Lipinski definition) is 1. The van der Waals surface area contributed by atoms with Crippen molar-refractivity contribution < 1.29 is 9.90 Å². The van der Waals surface area contributed by atoms with Gasteiger partial charge in [-0.3, -0.25) is 0 Å². The Labute approximate surface area is 114 Å². The van der Waals surface area contributed by atoms with E-state index >= 15 is 0 Å². The van der Waals surface area contributed by atoms with E-state index in [1.165, 1.54) is 18.9 Å². The SMILES string of the molecule is CC1CCN(c2ccccc2C=CC(=O)O)C(C)C1. The molecule has 0 spiro atoms. The van der Waals surface area contributed by atoms with Crippen LogP contribution in [-0.4, -0.2) is 23.7 Å². The van der Waals surface area contributed by atoms with Crippen molar-refractivity contribution in [3.63, 3.8) is 0 Å². The third kappa shape index (κ3) is 3.37. The monoisotopic (exact) mass is 259 g/mol. The van der Waals surface area contributed by atoms with Crippen LogP contribution in [0.5, 0.6) is 0 Å². The summed E-state index contributed by atoms with van der Waals surface area (Å²) in [6.07, 6.45) is 5.27. The number of hydrogen-bond acceptors (Lipinski definition) is 2. The minimum Gasteiger partial charge on any atom is -0.478 e. The van der Waals surface area contributed by atoms with Crippen LogP contribution < -0.4 is 4.90 Å². The van der Waals surface area contributed by atoms with Crippen molar-refractivity contribution in [2.75, 3.05) is 11.4 Å². The quantitative estimate of drug-likeness (QED) is 0.846. The van der Waals surface area contributed by atoms with E-state index in [1.807, 2.05) is 18.2 Å². The summed E-state index contributed by atoms with van der Waals surface area (Å²) in [5.41, 5.74) is 2.12. The smallest absolute Gasteiger partial charge is 0.328 e. The van der Waals surface area contributed by atoms with Crippen LogP contribution >= 0.6 is 0 Å². The van der Waals surface area contributed by atoms with Gasteiger partial charge in [0.2, 0.25) is 0 Å². The topological polar surface area (TPSA) is 40.5 Å². The van der Waals surface area contributed by atoms with Crippen LogP contribution in [-0.2, 0) is 4.79 Å². The van der Waals surface area contributed by atoms with Crippen LogP contribution in [0.3, 0.4) is 0 Å². The Kier molecular flexibility index (Phi) is 4.25. The van der Waals surface area contributed by atoms with Crippen molar-refractivity contribution in [2.45, 2.75) is 32.7 Å². The molecule has 0 aliphatic carbocycles. The average molecular weight is 259 g/mol. The molecule has 19 heavy (non-hydrogen) atoms. The molecule has 3 heteroatoms. The Balaban J connectivity index is 2.26. The number of aliphatic carboxylic acids is 1. The lowest BCUT2D eigenvalue weighted by Gasteiger charge is -2.39. The number of piperidine rings is 1. The highest BCUT2D eigenvalue weighted by atomic mass is 16.4. The third-order valence-corrected chi connectivity index (χ3v) is 3.79. The first-order chi connectivity index (χ1) is 9.08. The Morgan fingerprint density at radius 1 is 1.37 bits per heavy atom. The van der Waals surface area contributed by atoms with E-state index in [9.17, 15) is 4.79 Å². The number of carboxylic acids is 1. The molecule has 0 saturated carbocycles. The number of benzene rings is 1. The number of nitrogens with zero attached hydrogens (tertiary/aromatic N) is 1. The number of carbonyl (C=O) groups is 1. The van der Waals surface area contributed by atoms with E-state index in [0.717, 1.165) is 23.7 Å². The van der Waals surface area contributed by atoms with Gasteiger partial charge in [-0.2, -0.15) is 0 Å². The fourth-order valence-electron chi connectivity index (χ4n) is 2.82. The zero-order valence-corrected chi connectivity index (χ0v) is 11.5. The van der Waals surface area contributed by atoms with E-state index in [2.05, 4.69) is 24.8 Å². The van der Waals surface area contributed by atoms with E-state index in [4.69, 9.17) is 5.11 Å². The number of para-hydroxylation sites is 1. The standard InChI is InChI=1S/C16H21NO2/c1-12-9-10-17(13(2)11-12)15-6-4-3-5-14(15)7-8-16(18)19/h3-8,12-13H,9-11H2,1-2H3,(H,18,19). The molecule has 1 aromatic carbocycles. The molecule has 0 amide bonds. The van der Waals surface area contributed by atoms with Crippen molar-refractivity contribution in [2.24, 2.45) is 5.92 Å². The minimum absolute atomic E-state index is 0.503. The largest absolute Gasteiger partial charge is 0.478 e. The first-order valence-electron chi connectivity index (χ1n) is 6.84. The zero-order valence-electron chi connectivity index (χ0n) is 11.5. The average Bonchev–Trinajstić information content (AvgIpc) is 2.37. The van der Waals surface area contributed by atoms with Gasteiger partial charge < -0.3 is 10.0 Å². The molecule has 1 aromatic rings. The first-order valence-corrected chi connectivity index (χ1v) is 6.84. The molecule has 2 atom stereocenters. The lowest BCUT2D eigenvalue weighted by Crippen LogP contribution is -2.40. The fourth-order valence-corrected chi connectivity index (χ4v) is 2.82. The molecular weight excluding hydrogens is 238 g/mol. The van der Waals surface area contributed by atoms with Gasteiger partial charge in [-0.15, -0.1) is 0 Å². The molecule has 1 heterocycles. The molecule has 1 fully saturated rings. The summed E-state index contributed by atoms with van der Waals surface area (Å²) in [6.45, 7) is 5.58. The second-order valence-corrected chi connectivity index (χ2v) is 5.40. The van der Waals surface area contributed by atoms with Gasteiger partial charge in [-0.05, 0) is 43.4 Å². The van der Waals surface area contributed by atoms with E-state index in [0.29, 0.717) is 6.04 Å². The number of anilines is 1. The molecular formula is C16H21NO2. The van der Waals surface area contributed by atoms with Gasteiger partial charge in [-0.25, -0.2) is 4.79 Å². The molecule has 0 radical (unpaired) electrons. The summed E-state index contributed by atoms with van der Waals surface area (Å²) in [5, 5.41) is 8.76. The highest BCUT2D eigenvalue weighted by Gasteiger charge is 2.23. The predicted octanol–water partition coefficient (Wildman–Crippen LogP) is 3.41. The third-order valence-electron chi connectivity index (χ3n) is 3.79. The van der Waals surface area contributed by atoms with Crippen LogP contribution in [0.1, 0.15) is 32.3 Å². The number of carboxylic acid groups (broad SMARTS) is 1. The lowest BCUT2D eigenvalue weighted by molar-refractivity contribution is -0.131. The summed E-state index contributed by atoms with van der Waals surface area (Å²) < 4.78 is 0. The van der Waals surface area contributed by atoms with Gasteiger partial charge in [0.1, 0.15) is 0 Å². The summed E-state index contributed by atoms with van der Waals surface area (Å²) in [7, 11) is 0. The number of rotatable bonds is 3. The molecule has 1 aliphatic rings. The highest BCUT2D eigenvalue weighted by molar-refractivity contribution is 5.87. The van der Waals surface area contributed by atoms with Crippen molar-refractivity contribution in [3.8, 4) is 0 Å². The summed E-state index contributed by atoms with van der Waals surface area (Å²) >= 11 is 0. The van der Waals surface area contributed by atoms with Crippen LogP contribution in [0.4, 0.5) is 5.69 Å². The van der Waals surface area contributed by atoms with Gasteiger partial charge in [0.25, 0.3) is 0 Å². The van der Waals surface area contributed by atoms with Crippen LogP contribution in [0.2, 0.25) is 0 Å². The molecule has 0 bridgehead atoms. The molecule has 1 N–H and O–H groups in total. The van der Waals surface area contributed by atoms with Crippen LogP contribution in [0, 0.1) is 5.92 Å². The van der Waals surface area contributed by atoms with Crippen LogP contribution in [0.25, 0.3) is 6.08 Å².